The Morgan fingerprint density at radius 2 is 1.79 bits per heavy atom. The van der Waals surface area contributed by atoms with Crippen molar-refractivity contribution in [3.8, 4) is 0 Å². The van der Waals surface area contributed by atoms with Gasteiger partial charge >= 0.3 is 0 Å². The van der Waals surface area contributed by atoms with Crippen molar-refractivity contribution in [2.24, 2.45) is 0 Å². The van der Waals surface area contributed by atoms with Gasteiger partial charge < -0.3 is 20.4 Å². The number of halogens is 3. The normalized spacial score (nSPS) is 26.9. The summed E-state index contributed by atoms with van der Waals surface area (Å²) in [5.74, 6) is -0.453. The third kappa shape index (κ3) is 5.09. The molecule has 0 spiro atoms. The van der Waals surface area contributed by atoms with E-state index in [4.69, 9.17) is 0 Å². The zero-order valence-electron chi connectivity index (χ0n) is 16.3. The van der Waals surface area contributed by atoms with Crippen LogP contribution in [0.2, 0.25) is 0 Å². The minimum absolute atomic E-state index is 0. The largest absolute Gasteiger partial charge is 0.367 e. The molecule has 3 aliphatic rings. The molecule has 0 saturated carbocycles. The number of rotatable bonds is 4. The van der Waals surface area contributed by atoms with Crippen LogP contribution >= 0.6 is 24.8 Å². The maximum atomic E-state index is 14.6. The smallest absolute Gasteiger partial charge is 0.251 e. The molecule has 1 aromatic carbocycles. The van der Waals surface area contributed by atoms with Gasteiger partial charge in [-0.1, -0.05) is 6.92 Å². The number of nitrogens with one attached hydrogen (secondary N) is 2. The highest BCUT2D eigenvalue weighted by Gasteiger charge is 2.34. The quantitative estimate of drug-likeness (QED) is 0.767. The second-order valence-electron chi connectivity index (χ2n) is 7.87. The Morgan fingerprint density at radius 1 is 1.14 bits per heavy atom. The SMILES string of the molecule is CCN1CCN(c2ccc(C(=O)NC3CC4CCC(C3)N4)cc2F)CC1.Cl.Cl. The van der Waals surface area contributed by atoms with E-state index >= 15 is 0 Å². The molecule has 0 radical (unpaired) electrons. The fraction of sp³-hybridized carbons (Fsp3) is 0.650. The van der Waals surface area contributed by atoms with E-state index in [9.17, 15) is 9.18 Å². The first-order valence-electron chi connectivity index (χ1n) is 9.96. The van der Waals surface area contributed by atoms with Crippen LogP contribution in [-0.2, 0) is 0 Å². The molecule has 1 amide bonds. The van der Waals surface area contributed by atoms with Crippen molar-refractivity contribution in [1.29, 1.82) is 0 Å². The molecule has 5 nitrogen and oxygen atoms in total. The predicted molar refractivity (Wildman–Crippen MR) is 116 cm³/mol. The summed E-state index contributed by atoms with van der Waals surface area (Å²) in [4.78, 5) is 17.0. The summed E-state index contributed by atoms with van der Waals surface area (Å²) in [5.41, 5.74) is 1.03. The Morgan fingerprint density at radius 3 is 2.36 bits per heavy atom. The number of likely N-dealkylation sites (N-methyl/N-ethyl adjacent to an activating group) is 1. The van der Waals surface area contributed by atoms with Gasteiger partial charge in [0.2, 0.25) is 0 Å². The number of hydrogen-bond acceptors (Lipinski definition) is 4. The molecule has 4 rings (SSSR count). The molecule has 158 valence electrons. The van der Waals surface area contributed by atoms with Gasteiger partial charge in [0, 0.05) is 49.9 Å². The van der Waals surface area contributed by atoms with Crippen molar-refractivity contribution in [1.82, 2.24) is 15.5 Å². The Hall–Kier alpha value is -1.08. The lowest BCUT2D eigenvalue weighted by atomic mass is 9.99. The minimum atomic E-state index is -0.298. The number of hydrogen-bond donors (Lipinski definition) is 2. The van der Waals surface area contributed by atoms with Crippen LogP contribution in [0.5, 0.6) is 0 Å². The molecule has 3 heterocycles. The number of fused-ring (bicyclic) bond motifs is 2. The van der Waals surface area contributed by atoms with Crippen molar-refractivity contribution in [3.05, 3.63) is 29.6 Å². The summed E-state index contributed by atoms with van der Waals surface area (Å²) in [7, 11) is 0. The fourth-order valence-electron chi connectivity index (χ4n) is 4.65. The maximum absolute atomic E-state index is 14.6. The molecule has 3 saturated heterocycles. The van der Waals surface area contributed by atoms with Gasteiger partial charge in [-0.2, -0.15) is 0 Å². The molecule has 2 bridgehead atoms. The third-order valence-electron chi connectivity index (χ3n) is 6.18. The van der Waals surface area contributed by atoms with Crippen molar-refractivity contribution < 1.29 is 9.18 Å². The van der Waals surface area contributed by atoms with Gasteiger partial charge in [-0.05, 0) is 50.4 Å². The number of anilines is 1. The third-order valence-corrected chi connectivity index (χ3v) is 6.18. The molecule has 8 heteroatoms. The van der Waals surface area contributed by atoms with Gasteiger partial charge in [0.25, 0.3) is 5.91 Å². The fourth-order valence-corrected chi connectivity index (χ4v) is 4.65. The Labute approximate surface area is 179 Å². The van der Waals surface area contributed by atoms with Gasteiger partial charge in [0.05, 0.1) is 5.69 Å². The summed E-state index contributed by atoms with van der Waals surface area (Å²) in [6.45, 7) is 6.75. The molecule has 0 aromatic heterocycles. The molecular weight excluding hydrogens is 402 g/mol. The number of piperazine rings is 1. The molecule has 2 atom stereocenters. The topological polar surface area (TPSA) is 47.6 Å². The van der Waals surface area contributed by atoms with Gasteiger partial charge in [-0.25, -0.2) is 4.39 Å². The predicted octanol–water partition coefficient (Wildman–Crippen LogP) is 2.82. The zero-order chi connectivity index (χ0) is 18.1. The van der Waals surface area contributed by atoms with Gasteiger partial charge in [-0.15, -0.1) is 24.8 Å². The average Bonchev–Trinajstić information content (AvgIpc) is 3.00. The van der Waals surface area contributed by atoms with E-state index < -0.39 is 0 Å². The standard InChI is InChI=1S/C20H29FN4O.2ClH/c1-2-24-7-9-25(10-8-24)19-6-3-14(11-18(19)21)20(26)23-17-12-15-4-5-16(13-17)22-15;;/h3,6,11,15-17,22H,2,4-5,7-10,12-13H2,1H3,(H,23,26);2*1H. The first-order valence-corrected chi connectivity index (χ1v) is 9.96. The van der Waals surface area contributed by atoms with Gasteiger partial charge in [0.15, 0.2) is 0 Å². The molecule has 0 aliphatic carbocycles. The van der Waals surface area contributed by atoms with E-state index in [1.54, 1.807) is 12.1 Å². The first-order chi connectivity index (χ1) is 12.6. The maximum Gasteiger partial charge on any atom is 0.251 e. The lowest BCUT2D eigenvalue weighted by Crippen LogP contribution is -2.48. The molecule has 1 aromatic rings. The van der Waals surface area contributed by atoms with Crippen molar-refractivity contribution in [2.75, 3.05) is 37.6 Å². The summed E-state index contributed by atoms with van der Waals surface area (Å²) in [5, 5.41) is 6.68. The van der Waals surface area contributed by atoms with Gasteiger partial charge in [0.1, 0.15) is 5.82 Å². The second-order valence-corrected chi connectivity index (χ2v) is 7.87. The zero-order valence-corrected chi connectivity index (χ0v) is 18.0. The van der Waals surface area contributed by atoms with E-state index in [0.29, 0.717) is 23.3 Å². The van der Waals surface area contributed by atoms with E-state index in [0.717, 1.165) is 45.6 Å². The molecule has 2 unspecified atom stereocenters. The van der Waals surface area contributed by atoms with Crippen LogP contribution in [0.3, 0.4) is 0 Å². The molecule has 3 aliphatic heterocycles. The monoisotopic (exact) mass is 432 g/mol. The molecule has 28 heavy (non-hydrogen) atoms. The highest BCUT2D eigenvalue weighted by Crippen LogP contribution is 2.27. The van der Waals surface area contributed by atoms with Gasteiger partial charge in [-0.3, -0.25) is 4.79 Å². The summed E-state index contributed by atoms with van der Waals surface area (Å²) in [6.07, 6.45) is 4.35. The minimum Gasteiger partial charge on any atom is -0.367 e. The van der Waals surface area contributed by atoms with E-state index in [2.05, 4.69) is 27.4 Å². The number of amides is 1. The van der Waals surface area contributed by atoms with Crippen LogP contribution in [0.25, 0.3) is 0 Å². The lowest BCUT2D eigenvalue weighted by molar-refractivity contribution is 0.0923. The van der Waals surface area contributed by atoms with Crippen LogP contribution < -0.4 is 15.5 Å². The number of benzene rings is 1. The second kappa shape index (κ2) is 10.1. The Kier molecular flexibility index (Phi) is 8.37. The van der Waals surface area contributed by atoms with Crippen molar-refractivity contribution in [3.63, 3.8) is 0 Å². The highest BCUT2D eigenvalue weighted by atomic mass is 35.5. The average molecular weight is 433 g/mol. The Balaban J connectivity index is 0.00000140. The summed E-state index contributed by atoms with van der Waals surface area (Å²) >= 11 is 0. The van der Waals surface area contributed by atoms with E-state index in [-0.39, 0.29) is 42.6 Å². The van der Waals surface area contributed by atoms with E-state index in [1.807, 2.05) is 0 Å². The van der Waals surface area contributed by atoms with Crippen LogP contribution in [-0.4, -0.2) is 61.7 Å². The van der Waals surface area contributed by atoms with Crippen molar-refractivity contribution >= 4 is 36.4 Å². The lowest BCUT2D eigenvalue weighted by Gasteiger charge is -2.35. The summed E-state index contributed by atoms with van der Waals surface area (Å²) < 4.78 is 14.6. The molecular formula is C20H31Cl2FN4O. The number of carbonyl (C=O) groups excluding carboxylic acids is 1. The first kappa shape index (κ1) is 23.2. The van der Waals surface area contributed by atoms with Crippen molar-refractivity contribution in [2.45, 2.75) is 50.7 Å². The van der Waals surface area contributed by atoms with Crippen LogP contribution in [0.4, 0.5) is 10.1 Å². The highest BCUT2D eigenvalue weighted by molar-refractivity contribution is 5.94. The summed E-state index contributed by atoms with van der Waals surface area (Å²) in [6, 6.07) is 6.17. The number of piperidine rings is 1. The number of carbonyl (C=O) groups is 1. The number of nitrogens with zero attached hydrogens (tertiary/aromatic N) is 2. The van der Waals surface area contributed by atoms with E-state index in [1.165, 1.54) is 18.9 Å². The molecule has 2 N–H and O–H groups in total. The van der Waals surface area contributed by atoms with Crippen LogP contribution in [0.1, 0.15) is 43.0 Å². The van der Waals surface area contributed by atoms with Crippen LogP contribution in [0, 0.1) is 5.82 Å². The van der Waals surface area contributed by atoms with Crippen LogP contribution in [0.15, 0.2) is 18.2 Å². The molecule has 3 fully saturated rings. The Bertz CT molecular complexity index is 658.